The maximum Gasteiger partial charge on any atom is 0.191 e. The van der Waals surface area contributed by atoms with Crippen molar-refractivity contribution >= 4 is 41.3 Å². The van der Waals surface area contributed by atoms with Crippen molar-refractivity contribution in [3.63, 3.8) is 0 Å². The summed E-state index contributed by atoms with van der Waals surface area (Å²) in [6.45, 7) is 5.90. The van der Waals surface area contributed by atoms with Gasteiger partial charge in [-0.3, -0.25) is 9.89 Å². The van der Waals surface area contributed by atoms with Crippen LogP contribution in [0.2, 0.25) is 0 Å². The van der Waals surface area contributed by atoms with Crippen LogP contribution in [-0.2, 0) is 19.5 Å². The van der Waals surface area contributed by atoms with Gasteiger partial charge in [-0.1, -0.05) is 0 Å². The Morgan fingerprint density at radius 3 is 2.79 bits per heavy atom. The highest BCUT2D eigenvalue weighted by Crippen LogP contribution is 2.25. The second-order valence-electron chi connectivity index (χ2n) is 6.92. The number of benzene rings is 1. The molecule has 0 saturated heterocycles. The number of nitrogens with one attached hydrogen (secondary N) is 2. The number of methoxy groups -OCH3 is 2. The molecule has 1 atom stereocenters. The van der Waals surface area contributed by atoms with Crippen LogP contribution in [0, 0.1) is 0 Å². The fourth-order valence-electron chi connectivity index (χ4n) is 3.42. The van der Waals surface area contributed by atoms with Crippen LogP contribution in [0.15, 0.2) is 34.6 Å². The van der Waals surface area contributed by atoms with Crippen LogP contribution >= 0.6 is 35.3 Å². The molecular weight excluding hydrogens is 499 g/mol. The van der Waals surface area contributed by atoms with E-state index >= 15 is 0 Å². The summed E-state index contributed by atoms with van der Waals surface area (Å²) < 4.78 is 10.7. The van der Waals surface area contributed by atoms with Crippen molar-refractivity contribution in [2.75, 3.05) is 34.4 Å². The summed E-state index contributed by atoms with van der Waals surface area (Å²) in [4.78, 5) is 8.42. The number of nitrogens with zero attached hydrogens (tertiary/aromatic N) is 2. The Labute approximate surface area is 194 Å². The van der Waals surface area contributed by atoms with E-state index in [2.05, 4.69) is 38.9 Å². The standard InChI is InChI=1S/C21H30N4O2S.HI/c1-15(25-9-7-20-17(14-25)8-10-28-20)12-23-21(22-2)24-13-16-5-6-18(26-3)11-19(16)27-4;/h5-6,8,10-11,15H,7,9,12-14H2,1-4H3,(H2,22,23,24);1H. The summed E-state index contributed by atoms with van der Waals surface area (Å²) in [5, 5.41) is 9.02. The Morgan fingerprint density at radius 1 is 1.24 bits per heavy atom. The van der Waals surface area contributed by atoms with Crippen LogP contribution in [0.25, 0.3) is 0 Å². The first-order valence-corrected chi connectivity index (χ1v) is 10.5. The first kappa shape index (κ1) is 23.8. The van der Waals surface area contributed by atoms with Crippen LogP contribution < -0.4 is 20.1 Å². The molecule has 29 heavy (non-hydrogen) atoms. The molecule has 1 aliphatic heterocycles. The summed E-state index contributed by atoms with van der Waals surface area (Å²) in [7, 11) is 5.12. The van der Waals surface area contributed by atoms with Crippen LogP contribution in [0.3, 0.4) is 0 Å². The number of halogens is 1. The molecule has 8 heteroatoms. The third kappa shape index (κ3) is 6.23. The minimum absolute atomic E-state index is 0. The summed E-state index contributed by atoms with van der Waals surface area (Å²) in [6.07, 6.45) is 1.15. The number of hydrogen-bond donors (Lipinski definition) is 2. The molecule has 2 aromatic rings. The fourth-order valence-corrected chi connectivity index (χ4v) is 4.31. The molecule has 0 radical (unpaired) electrons. The van der Waals surface area contributed by atoms with E-state index in [-0.39, 0.29) is 24.0 Å². The van der Waals surface area contributed by atoms with Gasteiger partial charge in [-0.2, -0.15) is 0 Å². The lowest BCUT2D eigenvalue weighted by molar-refractivity contribution is 0.192. The van der Waals surface area contributed by atoms with E-state index in [1.165, 1.54) is 5.56 Å². The molecule has 2 N–H and O–H groups in total. The SMILES string of the molecule is CN=C(NCc1ccc(OC)cc1OC)NCC(C)N1CCc2sccc2C1.I. The lowest BCUT2D eigenvalue weighted by Gasteiger charge is -2.32. The Kier molecular flexibility index (Phi) is 9.51. The van der Waals surface area contributed by atoms with E-state index in [4.69, 9.17) is 9.47 Å². The molecule has 0 aliphatic carbocycles. The third-order valence-corrected chi connectivity index (χ3v) is 6.21. The predicted octanol–water partition coefficient (Wildman–Crippen LogP) is 3.50. The molecule has 1 unspecified atom stereocenters. The smallest absolute Gasteiger partial charge is 0.191 e. The first-order chi connectivity index (χ1) is 13.6. The molecule has 2 heterocycles. The molecule has 0 amide bonds. The molecule has 0 saturated carbocycles. The van der Waals surface area contributed by atoms with E-state index in [0.29, 0.717) is 12.6 Å². The van der Waals surface area contributed by atoms with Gasteiger partial charge in [0.15, 0.2) is 5.96 Å². The normalized spacial score (nSPS) is 15.1. The third-order valence-electron chi connectivity index (χ3n) is 5.19. The van der Waals surface area contributed by atoms with Crippen molar-refractivity contribution in [2.24, 2.45) is 4.99 Å². The molecule has 160 valence electrons. The number of guanidine groups is 1. The Hall–Kier alpha value is -1.52. The highest BCUT2D eigenvalue weighted by atomic mass is 127. The molecule has 6 nitrogen and oxygen atoms in total. The van der Waals surface area contributed by atoms with E-state index in [1.54, 1.807) is 26.1 Å². The van der Waals surface area contributed by atoms with Gasteiger partial charge < -0.3 is 20.1 Å². The van der Waals surface area contributed by atoms with Gasteiger partial charge in [0.25, 0.3) is 0 Å². The predicted molar refractivity (Wildman–Crippen MR) is 131 cm³/mol. The van der Waals surface area contributed by atoms with Gasteiger partial charge in [-0.05, 0) is 42.5 Å². The van der Waals surface area contributed by atoms with Crippen LogP contribution in [0.5, 0.6) is 11.5 Å². The summed E-state index contributed by atoms with van der Waals surface area (Å²) in [6, 6.07) is 8.53. The van der Waals surface area contributed by atoms with Gasteiger partial charge in [0.2, 0.25) is 0 Å². The van der Waals surface area contributed by atoms with Gasteiger partial charge >= 0.3 is 0 Å². The number of fused-ring (bicyclic) bond motifs is 1. The summed E-state index contributed by atoms with van der Waals surface area (Å²) >= 11 is 1.88. The van der Waals surface area contributed by atoms with E-state index in [0.717, 1.165) is 49.1 Å². The van der Waals surface area contributed by atoms with Crippen LogP contribution in [0.4, 0.5) is 0 Å². The maximum atomic E-state index is 5.47. The summed E-state index contributed by atoms with van der Waals surface area (Å²) in [5.74, 6) is 2.38. The number of aliphatic imine (C=N–C) groups is 1. The zero-order chi connectivity index (χ0) is 19.9. The van der Waals surface area contributed by atoms with E-state index in [1.807, 2.05) is 29.5 Å². The second-order valence-corrected chi connectivity index (χ2v) is 7.92. The largest absolute Gasteiger partial charge is 0.497 e. The van der Waals surface area contributed by atoms with Gasteiger partial charge in [-0.25, -0.2) is 0 Å². The number of hydrogen-bond acceptors (Lipinski definition) is 5. The fraction of sp³-hybridized carbons (Fsp3) is 0.476. The van der Waals surface area contributed by atoms with Crippen LogP contribution in [-0.4, -0.2) is 51.3 Å². The van der Waals surface area contributed by atoms with Crippen molar-refractivity contribution in [3.8, 4) is 11.5 Å². The number of thiophene rings is 1. The van der Waals surface area contributed by atoms with Gasteiger partial charge in [0.1, 0.15) is 11.5 Å². The number of ether oxygens (including phenoxy) is 2. The molecule has 0 bridgehead atoms. The minimum Gasteiger partial charge on any atom is -0.497 e. The minimum atomic E-state index is 0. The van der Waals surface area contributed by atoms with Crippen molar-refractivity contribution in [2.45, 2.75) is 32.5 Å². The molecular formula is C21H31IN4O2S. The van der Waals surface area contributed by atoms with E-state index < -0.39 is 0 Å². The van der Waals surface area contributed by atoms with Crippen molar-refractivity contribution in [1.82, 2.24) is 15.5 Å². The Morgan fingerprint density at radius 2 is 2.07 bits per heavy atom. The Balaban J connectivity index is 0.00000300. The zero-order valence-electron chi connectivity index (χ0n) is 17.5. The number of rotatable bonds is 7. The van der Waals surface area contributed by atoms with Crippen molar-refractivity contribution < 1.29 is 9.47 Å². The van der Waals surface area contributed by atoms with Gasteiger partial charge in [0.05, 0.1) is 14.2 Å². The lowest BCUT2D eigenvalue weighted by atomic mass is 10.1. The molecule has 0 fully saturated rings. The molecule has 3 rings (SSSR count). The average molecular weight is 530 g/mol. The van der Waals surface area contributed by atoms with Gasteiger partial charge in [-0.15, -0.1) is 35.3 Å². The van der Waals surface area contributed by atoms with Crippen LogP contribution in [0.1, 0.15) is 22.9 Å². The van der Waals surface area contributed by atoms with Crippen molar-refractivity contribution in [1.29, 1.82) is 0 Å². The van der Waals surface area contributed by atoms with E-state index in [9.17, 15) is 0 Å². The lowest BCUT2D eigenvalue weighted by Crippen LogP contribution is -2.47. The molecule has 1 aliphatic rings. The zero-order valence-corrected chi connectivity index (χ0v) is 20.7. The monoisotopic (exact) mass is 530 g/mol. The first-order valence-electron chi connectivity index (χ1n) is 9.59. The quantitative estimate of drug-likeness (QED) is 0.326. The molecule has 0 spiro atoms. The average Bonchev–Trinajstić information content (AvgIpc) is 3.21. The topological polar surface area (TPSA) is 58.1 Å². The second kappa shape index (κ2) is 11.6. The molecule has 1 aromatic carbocycles. The summed E-state index contributed by atoms with van der Waals surface area (Å²) in [5.41, 5.74) is 2.54. The van der Waals surface area contributed by atoms with Gasteiger partial charge in [0, 0.05) is 55.8 Å². The highest BCUT2D eigenvalue weighted by molar-refractivity contribution is 14.0. The maximum absolute atomic E-state index is 5.47. The van der Waals surface area contributed by atoms with Crippen molar-refractivity contribution in [3.05, 3.63) is 45.6 Å². The highest BCUT2D eigenvalue weighted by Gasteiger charge is 2.21. The Bertz CT molecular complexity index is 812. The molecule has 1 aromatic heterocycles.